The summed E-state index contributed by atoms with van der Waals surface area (Å²) in [6, 6.07) is 0. The fraction of sp³-hybridized carbons (Fsp3) is 0.839. The van der Waals surface area contributed by atoms with Crippen LogP contribution in [0.2, 0.25) is 0 Å². The first-order valence-electron chi connectivity index (χ1n) is 13.9. The molecule has 0 saturated heterocycles. The minimum atomic E-state index is -0.468. The Hall–Kier alpha value is -1.25. The lowest BCUT2D eigenvalue weighted by atomic mass is 9.33. The van der Waals surface area contributed by atoms with E-state index in [0.29, 0.717) is 24.2 Å². The van der Waals surface area contributed by atoms with Crippen LogP contribution >= 0.6 is 0 Å². The number of carbonyl (C=O) groups excluding carboxylic acids is 3. The number of Topliss-reactive ketones (excluding diaryl/α,β-unsaturated/α-hetero) is 1. The lowest BCUT2D eigenvalue weighted by Gasteiger charge is -2.70. The summed E-state index contributed by atoms with van der Waals surface area (Å²) in [6.45, 7) is 16.4. The molecule has 0 heterocycles. The van der Waals surface area contributed by atoms with Crippen LogP contribution in [0.1, 0.15) is 106 Å². The van der Waals surface area contributed by atoms with E-state index in [2.05, 4.69) is 54.5 Å². The van der Waals surface area contributed by atoms with E-state index in [4.69, 9.17) is 0 Å². The van der Waals surface area contributed by atoms with E-state index in [1.165, 1.54) is 6.29 Å². The topological polar surface area (TPSA) is 51.2 Å². The SMILES string of the molecule is CC1(C)CC[C@]2(C=O)CC[C@]3(C)C(=CC[C@@H]4[C@@]5(C)CC(C=O)C(=O)C(C)(C)[C@@H]5CC[C@]43C)C2C1. The molecule has 5 rings (SSSR count). The van der Waals surface area contributed by atoms with Crippen molar-refractivity contribution in [2.75, 3.05) is 0 Å². The summed E-state index contributed by atoms with van der Waals surface area (Å²) in [5, 5.41) is 0. The summed E-state index contributed by atoms with van der Waals surface area (Å²) in [6.07, 6.45) is 14.1. The maximum absolute atomic E-state index is 13.2. The Bertz CT molecular complexity index is 958. The Morgan fingerprint density at radius 2 is 1.53 bits per heavy atom. The van der Waals surface area contributed by atoms with E-state index in [-0.39, 0.29) is 32.9 Å². The van der Waals surface area contributed by atoms with Crippen LogP contribution in [-0.4, -0.2) is 18.4 Å². The van der Waals surface area contributed by atoms with Crippen molar-refractivity contribution in [2.45, 2.75) is 106 Å². The zero-order valence-electron chi connectivity index (χ0n) is 22.6. The standard InChI is InChI=1S/C31H46O3/c1-26(2)12-14-31(19-33)15-13-29(6)21(22(31)17-26)8-9-24-28(5)16-20(18-32)25(34)27(3,4)23(28)10-11-30(24,29)7/h8,18-20,22-24H,9-17H2,1-7H3/t20?,22?,23-,24+,28-,29+,30+,31+/m0/s1. The number of ketones is 1. The van der Waals surface area contributed by atoms with Gasteiger partial charge in [-0.05, 0) is 97.2 Å². The largest absolute Gasteiger partial charge is 0.303 e. The highest BCUT2D eigenvalue weighted by Gasteiger charge is 2.69. The van der Waals surface area contributed by atoms with Crippen LogP contribution in [0.3, 0.4) is 0 Å². The molecule has 8 atom stereocenters. The number of aldehydes is 2. The first kappa shape index (κ1) is 24.4. The summed E-state index contributed by atoms with van der Waals surface area (Å²) in [7, 11) is 0. The summed E-state index contributed by atoms with van der Waals surface area (Å²) in [5.74, 6) is 0.840. The Labute approximate surface area is 206 Å². The molecule has 188 valence electrons. The second-order valence-corrected chi connectivity index (χ2v) is 15.1. The van der Waals surface area contributed by atoms with E-state index in [1.54, 1.807) is 5.57 Å². The molecule has 0 spiro atoms. The predicted octanol–water partition coefficient (Wildman–Crippen LogP) is 6.98. The molecule has 0 aromatic heterocycles. The first-order valence-corrected chi connectivity index (χ1v) is 13.9. The van der Waals surface area contributed by atoms with Crippen molar-refractivity contribution in [3.8, 4) is 0 Å². The van der Waals surface area contributed by atoms with Crippen LogP contribution < -0.4 is 0 Å². The second kappa shape index (κ2) is 7.16. The smallest absolute Gasteiger partial charge is 0.148 e. The molecule has 0 aromatic carbocycles. The summed E-state index contributed by atoms with van der Waals surface area (Å²) in [4.78, 5) is 37.8. The van der Waals surface area contributed by atoms with Gasteiger partial charge in [-0.3, -0.25) is 4.79 Å². The molecule has 3 heteroatoms. The number of hydrogen-bond acceptors (Lipinski definition) is 3. The highest BCUT2D eigenvalue weighted by atomic mass is 16.1. The van der Waals surface area contributed by atoms with Crippen LogP contribution in [0, 0.1) is 56.2 Å². The van der Waals surface area contributed by atoms with E-state index < -0.39 is 11.3 Å². The molecule has 4 saturated carbocycles. The molecule has 2 unspecified atom stereocenters. The number of fused-ring (bicyclic) bond motifs is 7. The van der Waals surface area contributed by atoms with Crippen molar-refractivity contribution < 1.29 is 14.4 Å². The molecule has 5 aliphatic rings. The number of allylic oxidation sites excluding steroid dienone is 2. The molecule has 3 nitrogen and oxygen atoms in total. The van der Waals surface area contributed by atoms with Gasteiger partial charge in [0.25, 0.3) is 0 Å². The van der Waals surface area contributed by atoms with E-state index in [9.17, 15) is 14.4 Å². The van der Waals surface area contributed by atoms with Crippen LogP contribution in [0.4, 0.5) is 0 Å². The molecule has 4 fully saturated rings. The van der Waals surface area contributed by atoms with Crippen LogP contribution in [0.5, 0.6) is 0 Å². The molecule has 0 aromatic rings. The zero-order valence-corrected chi connectivity index (χ0v) is 22.6. The maximum Gasteiger partial charge on any atom is 0.148 e. The molecule has 0 amide bonds. The van der Waals surface area contributed by atoms with E-state index >= 15 is 0 Å². The van der Waals surface area contributed by atoms with Crippen molar-refractivity contribution in [3.63, 3.8) is 0 Å². The first-order chi connectivity index (χ1) is 15.7. The number of rotatable bonds is 2. The molecular weight excluding hydrogens is 420 g/mol. The minimum Gasteiger partial charge on any atom is -0.303 e. The van der Waals surface area contributed by atoms with Crippen LogP contribution in [0.25, 0.3) is 0 Å². The molecule has 34 heavy (non-hydrogen) atoms. The fourth-order valence-electron chi connectivity index (χ4n) is 10.7. The summed E-state index contributed by atoms with van der Waals surface area (Å²) >= 11 is 0. The third kappa shape index (κ3) is 2.85. The molecule has 0 aliphatic heterocycles. The third-order valence-corrected chi connectivity index (χ3v) is 12.9. The minimum absolute atomic E-state index is 0.0218. The van der Waals surface area contributed by atoms with Crippen molar-refractivity contribution in [2.24, 2.45) is 56.2 Å². The predicted molar refractivity (Wildman–Crippen MR) is 135 cm³/mol. The molecule has 5 aliphatic carbocycles. The second-order valence-electron chi connectivity index (χ2n) is 15.1. The fourth-order valence-corrected chi connectivity index (χ4v) is 10.7. The highest BCUT2D eigenvalue weighted by molar-refractivity contribution is 5.98. The normalized spacial score (nSPS) is 51.1. The lowest BCUT2D eigenvalue weighted by Crippen LogP contribution is -2.65. The van der Waals surface area contributed by atoms with E-state index in [1.807, 2.05) is 0 Å². The number of carbonyl (C=O) groups is 3. The van der Waals surface area contributed by atoms with Crippen molar-refractivity contribution in [3.05, 3.63) is 11.6 Å². The molecular formula is C31H46O3. The van der Waals surface area contributed by atoms with Crippen LogP contribution in [-0.2, 0) is 14.4 Å². The van der Waals surface area contributed by atoms with Crippen molar-refractivity contribution >= 4 is 18.4 Å². The Balaban J connectivity index is 1.61. The van der Waals surface area contributed by atoms with Gasteiger partial charge in [-0.1, -0.05) is 60.1 Å². The maximum atomic E-state index is 13.2. The van der Waals surface area contributed by atoms with Gasteiger partial charge >= 0.3 is 0 Å². The Morgan fingerprint density at radius 1 is 0.853 bits per heavy atom. The number of hydrogen-bond donors (Lipinski definition) is 0. The van der Waals surface area contributed by atoms with Crippen LogP contribution in [0.15, 0.2) is 11.6 Å². The lowest BCUT2D eigenvalue weighted by molar-refractivity contribution is -0.191. The highest BCUT2D eigenvalue weighted by Crippen LogP contribution is 2.75. The van der Waals surface area contributed by atoms with Gasteiger partial charge in [-0.2, -0.15) is 0 Å². The van der Waals surface area contributed by atoms with Crippen molar-refractivity contribution in [1.82, 2.24) is 0 Å². The third-order valence-electron chi connectivity index (χ3n) is 12.9. The quantitative estimate of drug-likeness (QED) is 0.250. The van der Waals surface area contributed by atoms with Gasteiger partial charge < -0.3 is 9.59 Å². The Morgan fingerprint density at radius 3 is 2.18 bits per heavy atom. The van der Waals surface area contributed by atoms with Gasteiger partial charge in [0.05, 0.1) is 5.92 Å². The monoisotopic (exact) mass is 466 g/mol. The van der Waals surface area contributed by atoms with Gasteiger partial charge in [0.1, 0.15) is 18.4 Å². The molecule has 0 radical (unpaired) electrons. The van der Waals surface area contributed by atoms with Gasteiger partial charge in [0.15, 0.2) is 0 Å². The zero-order chi connectivity index (χ0) is 24.9. The molecule has 0 bridgehead atoms. The molecule has 0 N–H and O–H groups in total. The summed E-state index contributed by atoms with van der Waals surface area (Å²) in [5.41, 5.74) is 1.43. The van der Waals surface area contributed by atoms with Gasteiger partial charge in [0, 0.05) is 10.8 Å². The summed E-state index contributed by atoms with van der Waals surface area (Å²) < 4.78 is 0. The van der Waals surface area contributed by atoms with Gasteiger partial charge in [-0.25, -0.2) is 0 Å². The van der Waals surface area contributed by atoms with Crippen molar-refractivity contribution in [1.29, 1.82) is 0 Å². The van der Waals surface area contributed by atoms with E-state index in [0.717, 1.165) is 57.7 Å². The average molecular weight is 467 g/mol. The van der Waals surface area contributed by atoms with Gasteiger partial charge in [-0.15, -0.1) is 0 Å². The Kier molecular flexibility index (Phi) is 5.15. The van der Waals surface area contributed by atoms with Gasteiger partial charge in [0.2, 0.25) is 0 Å². The average Bonchev–Trinajstić information content (AvgIpc) is 2.76.